The summed E-state index contributed by atoms with van der Waals surface area (Å²) >= 11 is 1.73. The van der Waals surface area contributed by atoms with Crippen LogP contribution in [0.4, 0.5) is 0 Å². The van der Waals surface area contributed by atoms with Crippen molar-refractivity contribution in [3.8, 4) is 16.2 Å². The second-order valence-electron chi connectivity index (χ2n) is 7.17. The van der Waals surface area contributed by atoms with Crippen LogP contribution in [0.15, 0.2) is 85.1 Å². The van der Waals surface area contributed by atoms with Crippen LogP contribution in [0.5, 0.6) is 5.75 Å². The van der Waals surface area contributed by atoms with Gasteiger partial charge in [-0.3, -0.25) is 0 Å². The molecule has 0 saturated carbocycles. The molecule has 0 bridgehead atoms. The highest BCUT2D eigenvalue weighted by Gasteiger charge is 2.22. The third-order valence-corrected chi connectivity index (χ3v) is 6.38. The second kappa shape index (κ2) is 8.13. The maximum atomic E-state index is 5.31. The molecule has 0 unspecified atom stereocenters. The summed E-state index contributed by atoms with van der Waals surface area (Å²) in [5, 5.41) is 1.06. The molecule has 4 nitrogen and oxygen atoms in total. The molecule has 2 aromatic heterocycles. The Bertz CT molecular complexity index is 1230. The summed E-state index contributed by atoms with van der Waals surface area (Å²) in [5.74, 6) is 1.86. The van der Waals surface area contributed by atoms with Gasteiger partial charge in [0.25, 0.3) is 0 Å². The first-order chi connectivity index (χ1) is 14.8. The number of hydrogen-bond donors (Lipinski definition) is 1. The number of imidazole rings is 1. The van der Waals surface area contributed by atoms with Crippen LogP contribution in [0, 0.1) is 0 Å². The Balaban J connectivity index is 1.54. The highest BCUT2D eigenvalue weighted by atomic mass is 32.1. The van der Waals surface area contributed by atoms with Crippen LogP contribution in [0.3, 0.4) is 0 Å². The van der Waals surface area contributed by atoms with Crippen molar-refractivity contribution in [3.63, 3.8) is 0 Å². The minimum absolute atomic E-state index is 0.0493. The van der Waals surface area contributed by atoms with E-state index in [-0.39, 0.29) is 5.92 Å². The van der Waals surface area contributed by atoms with E-state index in [9.17, 15) is 0 Å². The molecule has 148 valence electrons. The molecular weight excluding hydrogens is 390 g/mol. The summed E-state index contributed by atoms with van der Waals surface area (Å²) in [5.41, 5.74) is 4.44. The molecule has 30 heavy (non-hydrogen) atoms. The first kappa shape index (κ1) is 18.6. The molecule has 2 heterocycles. The molecule has 0 saturated heterocycles. The van der Waals surface area contributed by atoms with Crippen molar-refractivity contribution in [1.29, 1.82) is 0 Å². The van der Waals surface area contributed by atoms with Crippen molar-refractivity contribution in [3.05, 3.63) is 101 Å². The van der Waals surface area contributed by atoms with Gasteiger partial charge in [0.05, 0.1) is 28.9 Å². The van der Waals surface area contributed by atoms with Gasteiger partial charge in [-0.15, -0.1) is 11.3 Å². The van der Waals surface area contributed by atoms with Crippen LogP contribution >= 0.6 is 11.3 Å². The average molecular weight is 412 g/mol. The Hall–Kier alpha value is -3.44. The zero-order valence-corrected chi connectivity index (χ0v) is 17.4. The first-order valence-electron chi connectivity index (χ1n) is 9.89. The predicted octanol–water partition coefficient (Wildman–Crippen LogP) is 6.07. The van der Waals surface area contributed by atoms with Crippen molar-refractivity contribution in [1.82, 2.24) is 15.0 Å². The van der Waals surface area contributed by atoms with Gasteiger partial charge in [0.1, 0.15) is 16.6 Å². The smallest absolute Gasteiger partial charge is 0.118 e. The van der Waals surface area contributed by atoms with Crippen molar-refractivity contribution in [2.24, 2.45) is 0 Å². The van der Waals surface area contributed by atoms with Gasteiger partial charge >= 0.3 is 0 Å². The quantitative estimate of drug-likeness (QED) is 0.369. The van der Waals surface area contributed by atoms with Gasteiger partial charge < -0.3 is 9.72 Å². The summed E-state index contributed by atoms with van der Waals surface area (Å²) in [4.78, 5) is 14.4. The SMILES string of the molecule is COc1ccc(C[C@H](c2nc3ccccc3[nH]2)c2ncc(-c3ccccc3)s2)cc1. The third-order valence-electron chi connectivity index (χ3n) is 5.22. The van der Waals surface area contributed by atoms with Crippen LogP contribution in [0.2, 0.25) is 0 Å². The first-order valence-corrected chi connectivity index (χ1v) is 10.7. The number of rotatable bonds is 6. The molecule has 0 fully saturated rings. The number of para-hydroxylation sites is 2. The molecule has 1 atom stereocenters. The molecule has 1 N–H and O–H groups in total. The Morgan fingerprint density at radius 1 is 0.933 bits per heavy atom. The van der Waals surface area contributed by atoms with Crippen molar-refractivity contribution < 1.29 is 4.74 Å². The van der Waals surface area contributed by atoms with Gasteiger partial charge in [-0.05, 0) is 41.8 Å². The Morgan fingerprint density at radius 2 is 1.70 bits per heavy atom. The minimum atomic E-state index is 0.0493. The fourth-order valence-corrected chi connectivity index (χ4v) is 4.65. The number of hydrogen-bond acceptors (Lipinski definition) is 4. The van der Waals surface area contributed by atoms with Crippen LogP contribution in [0.25, 0.3) is 21.5 Å². The second-order valence-corrected chi connectivity index (χ2v) is 8.23. The lowest BCUT2D eigenvalue weighted by molar-refractivity contribution is 0.414. The molecule has 5 heteroatoms. The topological polar surface area (TPSA) is 50.8 Å². The molecule has 0 aliphatic heterocycles. The molecule has 0 amide bonds. The van der Waals surface area contributed by atoms with Gasteiger partial charge in [0.15, 0.2) is 0 Å². The zero-order chi connectivity index (χ0) is 20.3. The lowest BCUT2D eigenvalue weighted by Crippen LogP contribution is -2.07. The van der Waals surface area contributed by atoms with E-state index in [1.807, 2.05) is 42.6 Å². The number of ether oxygens (including phenoxy) is 1. The van der Waals surface area contributed by atoms with E-state index < -0.39 is 0 Å². The van der Waals surface area contributed by atoms with Gasteiger partial charge in [-0.2, -0.15) is 0 Å². The maximum absolute atomic E-state index is 5.31. The highest BCUT2D eigenvalue weighted by molar-refractivity contribution is 7.15. The standard InChI is InChI=1S/C25H21N3OS/c1-29-19-13-11-17(12-14-19)15-20(24-27-21-9-5-6-10-22(21)28-24)25-26-16-23(30-25)18-7-3-2-4-8-18/h2-14,16,20H,15H2,1H3,(H,27,28)/t20-/m1/s1. The molecule has 0 aliphatic carbocycles. The number of thiazole rings is 1. The number of benzene rings is 3. The fourth-order valence-electron chi connectivity index (χ4n) is 3.62. The fraction of sp³-hybridized carbons (Fsp3) is 0.120. The van der Waals surface area contributed by atoms with Crippen molar-refractivity contribution in [2.75, 3.05) is 7.11 Å². The van der Waals surface area contributed by atoms with E-state index in [1.54, 1.807) is 18.4 Å². The van der Waals surface area contributed by atoms with E-state index >= 15 is 0 Å². The summed E-state index contributed by atoms with van der Waals surface area (Å²) in [6.45, 7) is 0. The van der Waals surface area contributed by atoms with Crippen molar-refractivity contribution in [2.45, 2.75) is 12.3 Å². The lowest BCUT2D eigenvalue weighted by Gasteiger charge is -2.12. The number of nitrogens with one attached hydrogen (secondary N) is 1. The average Bonchev–Trinajstić information content (AvgIpc) is 3.46. The molecule has 5 aromatic rings. The molecule has 0 spiro atoms. The van der Waals surface area contributed by atoms with E-state index in [0.29, 0.717) is 0 Å². The number of methoxy groups -OCH3 is 1. The summed E-state index contributed by atoms with van der Waals surface area (Å²) in [6, 6.07) is 26.8. The normalized spacial score (nSPS) is 12.2. The van der Waals surface area contributed by atoms with E-state index in [1.165, 1.54) is 16.0 Å². The number of nitrogens with zero attached hydrogens (tertiary/aromatic N) is 2. The number of H-pyrrole nitrogens is 1. The van der Waals surface area contributed by atoms with Crippen LogP contribution in [0.1, 0.15) is 22.3 Å². The van der Waals surface area contributed by atoms with Crippen LogP contribution in [-0.4, -0.2) is 22.1 Å². The molecular formula is C25H21N3OS. The number of aromatic nitrogens is 3. The molecule has 3 aromatic carbocycles. The van der Waals surface area contributed by atoms with Crippen molar-refractivity contribution >= 4 is 22.4 Å². The Labute approximate surface area is 179 Å². The molecule has 0 radical (unpaired) electrons. The number of fused-ring (bicyclic) bond motifs is 1. The maximum Gasteiger partial charge on any atom is 0.118 e. The van der Waals surface area contributed by atoms with Crippen LogP contribution in [-0.2, 0) is 6.42 Å². The minimum Gasteiger partial charge on any atom is -0.497 e. The van der Waals surface area contributed by atoms with E-state index in [0.717, 1.165) is 34.0 Å². The van der Waals surface area contributed by atoms with Gasteiger partial charge in [0, 0.05) is 6.20 Å². The van der Waals surface area contributed by atoms with Gasteiger partial charge in [-0.1, -0.05) is 54.6 Å². The Morgan fingerprint density at radius 3 is 2.47 bits per heavy atom. The third kappa shape index (κ3) is 3.72. The lowest BCUT2D eigenvalue weighted by atomic mass is 9.99. The summed E-state index contributed by atoms with van der Waals surface area (Å²) < 4.78 is 5.31. The van der Waals surface area contributed by atoms with Gasteiger partial charge in [0.2, 0.25) is 0 Å². The summed E-state index contributed by atoms with van der Waals surface area (Å²) in [7, 11) is 1.69. The summed E-state index contributed by atoms with van der Waals surface area (Å²) in [6.07, 6.45) is 2.78. The molecule has 0 aliphatic rings. The molecule has 5 rings (SSSR count). The predicted molar refractivity (Wildman–Crippen MR) is 122 cm³/mol. The Kier molecular flexibility index (Phi) is 5.03. The largest absolute Gasteiger partial charge is 0.497 e. The van der Waals surface area contributed by atoms with E-state index in [4.69, 9.17) is 14.7 Å². The highest BCUT2D eigenvalue weighted by Crippen LogP contribution is 2.35. The monoisotopic (exact) mass is 411 g/mol. The zero-order valence-electron chi connectivity index (χ0n) is 16.6. The van der Waals surface area contributed by atoms with E-state index in [2.05, 4.69) is 47.4 Å². The number of aromatic amines is 1. The van der Waals surface area contributed by atoms with Gasteiger partial charge in [-0.25, -0.2) is 9.97 Å². The van der Waals surface area contributed by atoms with Crippen LogP contribution < -0.4 is 4.74 Å².